The van der Waals surface area contributed by atoms with Crippen molar-refractivity contribution in [1.29, 1.82) is 0 Å². The Morgan fingerprint density at radius 1 is 1.13 bits per heavy atom. The molecule has 1 fully saturated rings. The van der Waals surface area contributed by atoms with Crippen molar-refractivity contribution in [2.24, 2.45) is 5.92 Å². The van der Waals surface area contributed by atoms with Crippen LogP contribution in [0.5, 0.6) is 5.75 Å². The van der Waals surface area contributed by atoms with E-state index in [0.717, 1.165) is 68.0 Å². The number of aryl methyl sites for hydroxylation is 1. The lowest BCUT2D eigenvalue weighted by atomic mass is 9.92. The quantitative estimate of drug-likeness (QED) is 0.324. The Labute approximate surface area is 221 Å². The predicted molar refractivity (Wildman–Crippen MR) is 140 cm³/mol. The first-order valence-electron chi connectivity index (χ1n) is 12.8. The van der Waals surface area contributed by atoms with Gasteiger partial charge in [0.2, 0.25) is 5.95 Å². The van der Waals surface area contributed by atoms with Crippen molar-refractivity contribution >= 4 is 17.7 Å². The van der Waals surface area contributed by atoms with Gasteiger partial charge < -0.3 is 18.8 Å². The first-order valence-corrected chi connectivity index (χ1v) is 12.8. The minimum atomic E-state index is -0.928. The first kappa shape index (κ1) is 27.3. The van der Waals surface area contributed by atoms with Gasteiger partial charge in [0.15, 0.2) is 11.6 Å². The fourth-order valence-electron chi connectivity index (χ4n) is 4.34. The van der Waals surface area contributed by atoms with E-state index in [9.17, 15) is 13.6 Å². The number of ether oxygens (including phenoxy) is 2. The number of anilines is 2. The number of hydrogen-bond donors (Lipinski definition) is 1. The van der Waals surface area contributed by atoms with Crippen molar-refractivity contribution in [2.75, 3.05) is 29.9 Å². The molecule has 0 spiro atoms. The Bertz CT molecular complexity index is 1210. The maximum absolute atomic E-state index is 14.4. The van der Waals surface area contributed by atoms with Gasteiger partial charge in [-0.15, -0.1) is 0 Å². The van der Waals surface area contributed by atoms with Gasteiger partial charge in [0.1, 0.15) is 28.6 Å². The van der Waals surface area contributed by atoms with Crippen molar-refractivity contribution in [1.82, 2.24) is 9.97 Å². The van der Waals surface area contributed by atoms with E-state index in [4.69, 9.17) is 13.9 Å². The van der Waals surface area contributed by atoms with E-state index < -0.39 is 29.0 Å². The molecule has 2 aromatic heterocycles. The number of furan rings is 1. The average Bonchev–Trinajstić information content (AvgIpc) is 3.30. The number of nitrogens with zero attached hydrogens (tertiary/aromatic N) is 3. The van der Waals surface area contributed by atoms with Crippen LogP contribution in [0.2, 0.25) is 0 Å². The van der Waals surface area contributed by atoms with Gasteiger partial charge in [-0.1, -0.05) is 0 Å². The lowest BCUT2D eigenvalue weighted by molar-refractivity contribution is 0.0634. The Morgan fingerprint density at radius 3 is 2.37 bits per heavy atom. The highest BCUT2D eigenvalue weighted by Crippen LogP contribution is 2.28. The standard InChI is InChI=1S/C28H34F2N4O4/c1-18-7-8-24(37-18)20-16-31-26(32-17-20)34-11-9-19(10-12-34)6-5-13-36-21-14-22(29)25(23(30)15-21)33-27(35)38-28(2,3)4/h7-8,14-17,19H,5-6,9-13H2,1-4H3,(H,33,35). The van der Waals surface area contributed by atoms with Gasteiger partial charge in [-0.2, -0.15) is 0 Å². The number of hydrogen-bond acceptors (Lipinski definition) is 7. The maximum Gasteiger partial charge on any atom is 0.412 e. The topological polar surface area (TPSA) is 89.7 Å². The minimum Gasteiger partial charge on any atom is -0.493 e. The van der Waals surface area contributed by atoms with Gasteiger partial charge in [-0.05, 0) is 71.4 Å². The molecule has 1 aliphatic rings. The number of carbonyl (C=O) groups is 1. The van der Waals surface area contributed by atoms with Gasteiger partial charge in [0.05, 0.1) is 12.2 Å². The normalized spacial score (nSPS) is 14.4. The molecule has 0 radical (unpaired) electrons. The third kappa shape index (κ3) is 7.43. The number of benzene rings is 1. The molecule has 1 saturated heterocycles. The second-order valence-electron chi connectivity index (χ2n) is 10.5. The molecular formula is C28H34F2N4O4. The van der Waals surface area contributed by atoms with E-state index in [1.807, 2.05) is 19.1 Å². The van der Waals surface area contributed by atoms with Crippen LogP contribution in [0.15, 0.2) is 41.1 Å². The molecule has 8 nitrogen and oxygen atoms in total. The van der Waals surface area contributed by atoms with Gasteiger partial charge in [0.25, 0.3) is 0 Å². The van der Waals surface area contributed by atoms with Gasteiger partial charge in [-0.25, -0.2) is 23.5 Å². The first-order chi connectivity index (χ1) is 18.1. The third-order valence-electron chi connectivity index (χ3n) is 6.23. The summed E-state index contributed by atoms with van der Waals surface area (Å²) in [5, 5.41) is 2.12. The molecular weight excluding hydrogens is 494 g/mol. The summed E-state index contributed by atoms with van der Waals surface area (Å²) in [6, 6.07) is 5.95. The Morgan fingerprint density at radius 2 is 1.79 bits per heavy atom. The van der Waals surface area contributed by atoms with E-state index in [0.29, 0.717) is 18.5 Å². The molecule has 3 aromatic rings. The van der Waals surface area contributed by atoms with E-state index in [2.05, 4.69) is 20.2 Å². The SMILES string of the molecule is Cc1ccc(-c2cnc(N3CCC(CCCOc4cc(F)c(NC(=O)OC(C)(C)C)c(F)c4)CC3)nc2)o1. The number of nitrogens with one attached hydrogen (secondary N) is 1. The Kier molecular flexibility index (Phi) is 8.48. The number of amides is 1. The molecule has 1 N–H and O–H groups in total. The van der Waals surface area contributed by atoms with Crippen molar-refractivity contribution in [3.8, 4) is 17.1 Å². The van der Waals surface area contributed by atoms with Gasteiger partial charge in [0, 0.05) is 37.6 Å². The van der Waals surface area contributed by atoms with Crippen LogP contribution in [0, 0.1) is 24.5 Å². The summed E-state index contributed by atoms with van der Waals surface area (Å²) in [5.41, 5.74) is -0.491. The van der Waals surface area contributed by atoms with Crippen molar-refractivity contribution in [3.63, 3.8) is 0 Å². The highest BCUT2D eigenvalue weighted by molar-refractivity contribution is 5.85. The lowest BCUT2D eigenvalue weighted by Gasteiger charge is -2.32. The van der Waals surface area contributed by atoms with Crippen LogP contribution in [-0.2, 0) is 4.74 Å². The molecule has 0 bridgehead atoms. The maximum atomic E-state index is 14.4. The van der Waals surface area contributed by atoms with Crippen LogP contribution < -0.4 is 15.0 Å². The molecule has 10 heteroatoms. The molecule has 1 aromatic carbocycles. The van der Waals surface area contributed by atoms with Crippen LogP contribution in [0.1, 0.15) is 52.2 Å². The fourth-order valence-corrected chi connectivity index (χ4v) is 4.34. The molecule has 38 heavy (non-hydrogen) atoms. The molecule has 204 valence electrons. The predicted octanol–water partition coefficient (Wildman–Crippen LogP) is 6.75. The fraction of sp³-hybridized carbons (Fsp3) is 0.464. The molecule has 0 aliphatic carbocycles. The number of carbonyl (C=O) groups excluding carboxylic acids is 1. The summed E-state index contributed by atoms with van der Waals surface area (Å²) in [6.45, 7) is 8.97. The number of aromatic nitrogens is 2. The number of piperidine rings is 1. The number of halogens is 2. The van der Waals surface area contributed by atoms with Crippen molar-refractivity contribution in [3.05, 3.63) is 54.1 Å². The zero-order valence-corrected chi connectivity index (χ0v) is 22.2. The summed E-state index contributed by atoms with van der Waals surface area (Å²) in [5.74, 6) is 1.09. The van der Waals surface area contributed by atoms with E-state index in [-0.39, 0.29) is 5.75 Å². The number of rotatable bonds is 8. The largest absolute Gasteiger partial charge is 0.493 e. The Balaban J connectivity index is 1.19. The molecule has 0 unspecified atom stereocenters. The smallest absolute Gasteiger partial charge is 0.412 e. The zero-order valence-electron chi connectivity index (χ0n) is 22.2. The van der Waals surface area contributed by atoms with Crippen LogP contribution in [0.4, 0.5) is 25.2 Å². The molecule has 4 rings (SSSR count). The molecule has 1 amide bonds. The van der Waals surface area contributed by atoms with E-state index in [1.165, 1.54) is 0 Å². The summed E-state index contributed by atoms with van der Waals surface area (Å²) in [7, 11) is 0. The van der Waals surface area contributed by atoms with Crippen molar-refractivity contribution < 1.29 is 27.5 Å². The summed E-state index contributed by atoms with van der Waals surface area (Å²) >= 11 is 0. The van der Waals surface area contributed by atoms with Gasteiger partial charge in [-0.3, -0.25) is 5.32 Å². The van der Waals surface area contributed by atoms with Crippen LogP contribution in [0.3, 0.4) is 0 Å². The molecule has 1 aliphatic heterocycles. The van der Waals surface area contributed by atoms with E-state index >= 15 is 0 Å². The van der Waals surface area contributed by atoms with Crippen LogP contribution >= 0.6 is 0 Å². The highest BCUT2D eigenvalue weighted by Gasteiger charge is 2.22. The minimum absolute atomic E-state index is 0.0786. The Hall–Kier alpha value is -3.69. The molecule has 0 atom stereocenters. The molecule has 3 heterocycles. The zero-order chi connectivity index (χ0) is 27.3. The monoisotopic (exact) mass is 528 g/mol. The second kappa shape index (κ2) is 11.8. The van der Waals surface area contributed by atoms with Crippen LogP contribution in [0.25, 0.3) is 11.3 Å². The average molecular weight is 529 g/mol. The summed E-state index contributed by atoms with van der Waals surface area (Å²) in [4.78, 5) is 23.1. The van der Waals surface area contributed by atoms with E-state index in [1.54, 1.807) is 33.2 Å². The van der Waals surface area contributed by atoms with Crippen molar-refractivity contribution in [2.45, 2.75) is 59.0 Å². The lowest BCUT2D eigenvalue weighted by Crippen LogP contribution is -2.34. The highest BCUT2D eigenvalue weighted by atomic mass is 19.1. The molecule has 0 saturated carbocycles. The third-order valence-corrected chi connectivity index (χ3v) is 6.23. The van der Waals surface area contributed by atoms with Gasteiger partial charge >= 0.3 is 6.09 Å². The summed E-state index contributed by atoms with van der Waals surface area (Å²) < 4.78 is 45.0. The second-order valence-corrected chi connectivity index (χ2v) is 10.5. The summed E-state index contributed by atoms with van der Waals surface area (Å²) in [6.07, 6.45) is 6.38. The van der Waals surface area contributed by atoms with Crippen LogP contribution in [-0.4, -0.2) is 41.4 Å².